The van der Waals surface area contributed by atoms with E-state index in [1.54, 1.807) is 32.8 Å². The highest BCUT2D eigenvalue weighted by molar-refractivity contribution is 6.03. The number of carbonyl (C=O) groups is 1. The number of hydrogen-bond donors (Lipinski definition) is 3. The first-order valence-corrected chi connectivity index (χ1v) is 9.32. The molecule has 3 rings (SSSR count). The van der Waals surface area contributed by atoms with Crippen molar-refractivity contribution in [2.24, 2.45) is 5.73 Å². The molecule has 1 atom stereocenters. The number of anilines is 1. The number of carbonyl (C=O) groups excluding carboxylic acids is 1. The molecule has 0 saturated carbocycles. The van der Waals surface area contributed by atoms with Gasteiger partial charge in [0.15, 0.2) is 11.5 Å². The fourth-order valence-electron chi connectivity index (χ4n) is 3.22. The van der Waals surface area contributed by atoms with Gasteiger partial charge in [-0.2, -0.15) is 0 Å². The molecule has 2 amide bonds. The average Bonchev–Trinajstić information content (AvgIpc) is 2.77. The predicted molar refractivity (Wildman–Crippen MR) is 112 cm³/mol. The number of nitrogens with one attached hydrogen (secondary N) is 2. The Morgan fingerprint density at radius 2 is 1.79 bits per heavy atom. The molecule has 0 radical (unpaired) electrons. The minimum atomic E-state index is -0.327. The molecule has 8 heteroatoms. The molecule has 29 heavy (non-hydrogen) atoms. The Morgan fingerprint density at radius 1 is 1.14 bits per heavy atom. The van der Waals surface area contributed by atoms with Crippen molar-refractivity contribution in [3.8, 4) is 11.5 Å². The number of amides is 2. The summed E-state index contributed by atoms with van der Waals surface area (Å²) >= 11 is 0. The number of ether oxygens (including phenoxy) is 2. The highest BCUT2D eigenvalue weighted by atomic mass is 16.5. The van der Waals surface area contributed by atoms with Crippen molar-refractivity contribution in [3.63, 3.8) is 0 Å². The van der Waals surface area contributed by atoms with Gasteiger partial charge in [0, 0.05) is 29.7 Å². The summed E-state index contributed by atoms with van der Waals surface area (Å²) < 4.78 is 10.8. The number of methoxy groups -OCH3 is 2. The van der Waals surface area contributed by atoms with Crippen molar-refractivity contribution in [2.75, 3.05) is 19.5 Å². The van der Waals surface area contributed by atoms with Crippen LogP contribution in [-0.4, -0.2) is 30.2 Å². The molecule has 0 aliphatic heterocycles. The second kappa shape index (κ2) is 9.20. The van der Waals surface area contributed by atoms with E-state index >= 15 is 0 Å². The van der Waals surface area contributed by atoms with Crippen molar-refractivity contribution in [2.45, 2.75) is 25.9 Å². The first-order chi connectivity index (χ1) is 14.1. The van der Waals surface area contributed by atoms with Crippen LogP contribution < -0.4 is 25.8 Å². The maximum Gasteiger partial charge on any atom is 0.319 e. The Morgan fingerprint density at radius 3 is 2.38 bits per heavy atom. The van der Waals surface area contributed by atoms with Crippen molar-refractivity contribution in [1.82, 2.24) is 15.3 Å². The van der Waals surface area contributed by atoms with Gasteiger partial charge in [-0.1, -0.05) is 6.92 Å². The van der Waals surface area contributed by atoms with E-state index in [0.717, 1.165) is 22.8 Å². The number of nitrogens with two attached hydrogens (primary N) is 1. The summed E-state index contributed by atoms with van der Waals surface area (Å²) in [7, 11) is 3.13. The monoisotopic (exact) mass is 395 g/mol. The zero-order chi connectivity index (χ0) is 20.8. The molecule has 8 nitrogen and oxygen atoms in total. The van der Waals surface area contributed by atoms with E-state index in [1.807, 2.05) is 31.2 Å². The van der Waals surface area contributed by atoms with Gasteiger partial charge < -0.3 is 25.8 Å². The lowest BCUT2D eigenvalue weighted by Gasteiger charge is -2.19. The van der Waals surface area contributed by atoms with Gasteiger partial charge in [-0.05, 0) is 36.2 Å². The fourth-order valence-corrected chi connectivity index (χ4v) is 3.22. The largest absolute Gasteiger partial charge is 0.493 e. The molecule has 4 N–H and O–H groups in total. The van der Waals surface area contributed by atoms with Crippen LogP contribution in [0.2, 0.25) is 0 Å². The Hall–Kier alpha value is -3.39. The van der Waals surface area contributed by atoms with E-state index in [0.29, 0.717) is 22.9 Å². The molecule has 2 heterocycles. The Labute approximate surface area is 169 Å². The average molecular weight is 395 g/mol. The van der Waals surface area contributed by atoms with Crippen LogP contribution in [0.5, 0.6) is 11.5 Å². The molecule has 2 aromatic heterocycles. The van der Waals surface area contributed by atoms with Gasteiger partial charge in [0.2, 0.25) is 0 Å². The second-order valence-corrected chi connectivity index (χ2v) is 6.42. The van der Waals surface area contributed by atoms with Crippen LogP contribution in [0.4, 0.5) is 10.5 Å². The Bertz CT molecular complexity index is 995. The predicted octanol–water partition coefficient (Wildman–Crippen LogP) is 3.38. The van der Waals surface area contributed by atoms with Crippen LogP contribution in [-0.2, 0) is 6.54 Å². The molecule has 0 aliphatic carbocycles. The smallest absolute Gasteiger partial charge is 0.319 e. The van der Waals surface area contributed by atoms with Crippen LogP contribution in [0.15, 0.2) is 42.9 Å². The fraction of sp³-hybridized carbons (Fsp3) is 0.286. The summed E-state index contributed by atoms with van der Waals surface area (Å²) in [6, 6.07) is 6.95. The molecule has 1 aromatic carbocycles. The summed E-state index contributed by atoms with van der Waals surface area (Å²) in [6.07, 6.45) is 5.76. The number of pyridine rings is 2. The minimum absolute atomic E-state index is 0.129. The van der Waals surface area contributed by atoms with E-state index in [4.69, 9.17) is 15.2 Å². The lowest BCUT2D eigenvalue weighted by atomic mass is 10.1. The summed E-state index contributed by atoms with van der Waals surface area (Å²) in [5, 5.41) is 7.45. The highest BCUT2D eigenvalue weighted by Crippen LogP contribution is 2.36. The van der Waals surface area contributed by atoms with Gasteiger partial charge in [-0.3, -0.25) is 9.97 Å². The van der Waals surface area contributed by atoms with E-state index in [1.165, 1.54) is 0 Å². The summed E-state index contributed by atoms with van der Waals surface area (Å²) in [6.45, 7) is 2.27. The molecular weight excluding hydrogens is 370 g/mol. The number of benzene rings is 1. The maximum atomic E-state index is 12.7. The standard InChI is InChI=1S/C21H25N5O3/c1-4-16(13-5-7-23-8-6-13)25-21(27)26-18-12-24-17(11-22)14-9-19(28-2)20(29-3)10-15(14)18/h5-10,12,16H,4,11,22H2,1-3H3,(H2,25,26,27). The molecule has 0 saturated heterocycles. The molecule has 3 aromatic rings. The van der Waals surface area contributed by atoms with Crippen molar-refractivity contribution >= 4 is 22.5 Å². The third-order valence-corrected chi connectivity index (χ3v) is 4.74. The molecular formula is C21H25N5O3. The Balaban J connectivity index is 1.92. The summed E-state index contributed by atoms with van der Waals surface area (Å²) in [5.74, 6) is 1.13. The lowest BCUT2D eigenvalue weighted by Crippen LogP contribution is -2.32. The van der Waals surface area contributed by atoms with Gasteiger partial charge >= 0.3 is 6.03 Å². The molecule has 0 bridgehead atoms. The maximum absolute atomic E-state index is 12.7. The lowest BCUT2D eigenvalue weighted by molar-refractivity contribution is 0.248. The van der Waals surface area contributed by atoms with Gasteiger partial charge in [0.05, 0.1) is 37.8 Å². The van der Waals surface area contributed by atoms with Crippen LogP contribution in [0.1, 0.15) is 30.6 Å². The Kier molecular flexibility index (Phi) is 6.46. The van der Waals surface area contributed by atoms with Gasteiger partial charge in [0.1, 0.15) is 0 Å². The van der Waals surface area contributed by atoms with Crippen molar-refractivity contribution in [3.05, 3.63) is 54.1 Å². The zero-order valence-electron chi connectivity index (χ0n) is 16.7. The van der Waals surface area contributed by atoms with E-state index < -0.39 is 0 Å². The third kappa shape index (κ3) is 4.38. The number of fused-ring (bicyclic) bond motifs is 1. The number of urea groups is 1. The highest BCUT2D eigenvalue weighted by Gasteiger charge is 2.16. The molecule has 0 spiro atoms. The van der Waals surface area contributed by atoms with Crippen LogP contribution in [0.25, 0.3) is 10.8 Å². The SMILES string of the molecule is CCC(NC(=O)Nc1cnc(CN)c2cc(OC)c(OC)cc12)c1ccncc1. The van der Waals surface area contributed by atoms with Crippen molar-refractivity contribution < 1.29 is 14.3 Å². The van der Waals surface area contributed by atoms with E-state index in [9.17, 15) is 4.79 Å². The van der Waals surface area contributed by atoms with Gasteiger partial charge in [-0.25, -0.2) is 4.79 Å². The van der Waals surface area contributed by atoms with Gasteiger partial charge in [0.25, 0.3) is 0 Å². The first-order valence-electron chi connectivity index (χ1n) is 9.32. The molecule has 0 aliphatic rings. The van der Waals surface area contributed by atoms with E-state index in [-0.39, 0.29) is 18.6 Å². The number of nitrogens with zero attached hydrogens (tertiary/aromatic N) is 2. The first kappa shape index (κ1) is 20.3. The minimum Gasteiger partial charge on any atom is -0.493 e. The normalized spacial score (nSPS) is 11.7. The number of rotatable bonds is 7. The van der Waals surface area contributed by atoms with E-state index in [2.05, 4.69) is 20.6 Å². The summed E-state index contributed by atoms with van der Waals surface area (Å²) in [4.78, 5) is 21.1. The number of aromatic nitrogens is 2. The molecule has 152 valence electrons. The van der Waals surface area contributed by atoms with Crippen molar-refractivity contribution in [1.29, 1.82) is 0 Å². The molecule has 0 fully saturated rings. The third-order valence-electron chi connectivity index (χ3n) is 4.74. The number of hydrogen-bond acceptors (Lipinski definition) is 6. The quantitative estimate of drug-likeness (QED) is 0.565. The van der Waals surface area contributed by atoms with Crippen LogP contribution in [0.3, 0.4) is 0 Å². The van der Waals surface area contributed by atoms with Gasteiger partial charge in [-0.15, -0.1) is 0 Å². The topological polar surface area (TPSA) is 111 Å². The zero-order valence-corrected chi connectivity index (χ0v) is 16.7. The summed E-state index contributed by atoms with van der Waals surface area (Å²) in [5.41, 5.74) is 8.09. The second-order valence-electron chi connectivity index (χ2n) is 6.42. The van der Waals surface area contributed by atoms with Crippen LogP contribution >= 0.6 is 0 Å². The molecule has 1 unspecified atom stereocenters. The van der Waals surface area contributed by atoms with Crippen LogP contribution in [0, 0.1) is 0 Å².